The third kappa shape index (κ3) is 1.42. The van der Waals surface area contributed by atoms with Crippen LogP contribution in [0.4, 0.5) is 0 Å². The molecule has 46 valence electrons. The van der Waals surface area contributed by atoms with E-state index in [0.717, 1.165) is 0 Å². The van der Waals surface area contributed by atoms with Gasteiger partial charge in [-0.2, -0.15) is 0 Å². The van der Waals surface area contributed by atoms with Gasteiger partial charge in [0.15, 0.2) is 5.79 Å². The number of nitrogens with zero attached hydrogens (tertiary/aromatic N) is 2. The number of hydrogen-bond donors (Lipinski definition) is 1. The van der Waals surface area contributed by atoms with Gasteiger partial charge in [0.25, 0.3) is 0 Å². The second-order valence-electron chi connectivity index (χ2n) is 1.55. The highest BCUT2D eigenvalue weighted by Crippen LogP contribution is 2.06. The molecule has 0 aliphatic carbocycles. The minimum atomic E-state index is -0.847. The van der Waals surface area contributed by atoms with Crippen LogP contribution in [0.5, 0.6) is 0 Å². The van der Waals surface area contributed by atoms with E-state index in [1.54, 1.807) is 0 Å². The predicted octanol–water partition coefficient (Wildman–Crippen LogP) is 0.410. The summed E-state index contributed by atoms with van der Waals surface area (Å²) in [6.07, 6.45) is 0.639. The van der Waals surface area contributed by atoms with Crippen molar-refractivity contribution in [1.29, 1.82) is 0 Å². The zero-order chi connectivity index (χ0) is 6.62. The first kappa shape index (κ1) is 7.30. The Morgan fingerprint density at radius 3 is 1.88 bits per heavy atom. The van der Waals surface area contributed by atoms with Gasteiger partial charge in [-0.15, -0.1) is 0 Å². The summed E-state index contributed by atoms with van der Waals surface area (Å²) in [5.41, 5.74) is 5.44. The van der Waals surface area contributed by atoms with Crippen LogP contribution >= 0.6 is 0 Å². The molecule has 0 amide bonds. The van der Waals surface area contributed by atoms with Gasteiger partial charge in [-0.3, -0.25) is 15.7 Å². The van der Waals surface area contributed by atoms with E-state index < -0.39 is 5.79 Å². The standard InChI is InChI=1S/C5H11N3/c1-4-5(6,7-2)8-3/h2-4,6H2,1H3. The smallest absolute Gasteiger partial charge is 0.200 e. The zero-order valence-corrected chi connectivity index (χ0v) is 5.09. The van der Waals surface area contributed by atoms with Crippen LogP contribution in [0.25, 0.3) is 0 Å². The maximum atomic E-state index is 5.44. The lowest BCUT2D eigenvalue weighted by Crippen LogP contribution is -2.33. The molecule has 0 spiro atoms. The first-order chi connectivity index (χ1) is 3.68. The minimum absolute atomic E-state index is 0.639. The quantitative estimate of drug-likeness (QED) is 0.529. The van der Waals surface area contributed by atoms with E-state index in [4.69, 9.17) is 5.73 Å². The summed E-state index contributed by atoms with van der Waals surface area (Å²) in [7, 11) is 0. The molecular formula is C5H11N3. The van der Waals surface area contributed by atoms with E-state index in [1.807, 2.05) is 6.92 Å². The molecule has 3 nitrogen and oxygen atoms in total. The molecule has 0 heterocycles. The van der Waals surface area contributed by atoms with Crippen LogP contribution in [0.3, 0.4) is 0 Å². The molecule has 0 rings (SSSR count). The first-order valence-corrected chi connectivity index (χ1v) is 2.43. The summed E-state index contributed by atoms with van der Waals surface area (Å²) in [6.45, 7) is 8.41. The first-order valence-electron chi connectivity index (χ1n) is 2.43. The van der Waals surface area contributed by atoms with Crippen molar-refractivity contribution >= 4 is 13.4 Å². The van der Waals surface area contributed by atoms with E-state index in [2.05, 4.69) is 23.4 Å². The molecule has 0 aliphatic rings. The molecule has 0 atom stereocenters. The van der Waals surface area contributed by atoms with E-state index in [0.29, 0.717) is 6.42 Å². The third-order valence-corrected chi connectivity index (χ3v) is 1.07. The lowest BCUT2D eigenvalue weighted by atomic mass is 10.3. The highest BCUT2D eigenvalue weighted by molar-refractivity contribution is 5.29. The number of nitrogens with two attached hydrogens (primary N) is 1. The van der Waals surface area contributed by atoms with Crippen LogP contribution in [0.1, 0.15) is 13.3 Å². The highest BCUT2D eigenvalue weighted by atomic mass is 15.2. The average Bonchev–Trinajstić information content (AvgIpc) is 1.87. The second kappa shape index (κ2) is 2.57. The molecule has 0 aliphatic heterocycles. The lowest BCUT2D eigenvalue weighted by molar-refractivity contribution is 0.460. The molecule has 3 heteroatoms. The van der Waals surface area contributed by atoms with Gasteiger partial charge in [0.05, 0.1) is 0 Å². The molecule has 0 saturated carbocycles. The van der Waals surface area contributed by atoms with Crippen molar-refractivity contribution in [1.82, 2.24) is 0 Å². The van der Waals surface area contributed by atoms with Crippen LogP contribution in [-0.4, -0.2) is 19.2 Å². The van der Waals surface area contributed by atoms with Crippen molar-refractivity contribution in [2.75, 3.05) is 0 Å². The Morgan fingerprint density at radius 1 is 1.50 bits per heavy atom. The normalized spacial score (nSPS) is 10.8. The predicted molar refractivity (Wildman–Crippen MR) is 36.3 cm³/mol. The molecule has 0 unspecified atom stereocenters. The van der Waals surface area contributed by atoms with Gasteiger partial charge in [-0.05, 0) is 13.4 Å². The van der Waals surface area contributed by atoms with Crippen molar-refractivity contribution in [3.63, 3.8) is 0 Å². The molecule has 0 radical (unpaired) electrons. The molecule has 0 aromatic heterocycles. The Bertz CT molecular complexity index is 89.8. The summed E-state index contributed by atoms with van der Waals surface area (Å²) in [6, 6.07) is 0. The molecular weight excluding hydrogens is 102 g/mol. The van der Waals surface area contributed by atoms with Gasteiger partial charge >= 0.3 is 0 Å². The van der Waals surface area contributed by atoms with Gasteiger partial charge in [0.1, 0.15) is 0 Å². The third-order valence-electron chi connectivity index (χ3n) is 1.07. The minimum Gasteiger partial charge on any atom is -0.288 e. The fourth-order valence-electron chi connectivity index (χ4n) is 0.274. The van der Waals surface area contributed by atoms with Crippen molar-refractivity contribution in [2.24, 2.45) is 15.7 Å². The largest absolute Gasteiger partial charge is 0.288 e. The molecule has 0 aromatic rings. The summed E-state index contributed by atoms with van der Waals surface area (Å²) < 4.78 is 0. The van der Waals surface area contributed by atoms with Gasteiger partial charge in [-0.1, -0.05) is 6.92 Å². The van der Waals surface area contributed by atoms with Crippen LogP contribution in [-0.2, 0) is 0 Å². The fraction of sp³-hybridized carbons (Fsp3) is 0.600. The fourth-order valence-corrected chi connectivity index (χ4v) is 0.274. The van der Waals surface area contributed by atoms with E-state index >= 15 is 0 Å². The molecule has 0 bridgehead atoms. The van der Waals surface area contributed by atoms with Crippen molar-refractivity contribution in [3.05, 3.63) is 0 Å². The molecule has 8 heavy (non-hydrogen) atoms. The maximum absolute atomic E-state index is 5.44. The van der Waals surface area contributed by atoms with Gasteiger partial charge in [-0.25, -0.2) is 0 Å². The summed E-state index contributed by atoms with van der Waals surface area (Å²) in [4.78, 5) is 7.11. The van der Waals surface area contributed by atoms with Gasteiger partial charge < -0.3 is 0 Å². The number of aliphatic imine (C=N–C) groups is 2. The van der Waals surface area contributed by atoms with E-state index in [9.17, 15) is 0 Å². The lowest BCUT2D eigenvalue weighted by Gasteiger charge is -2.14. The molecule has 2 N–H and O–H groups in total. The number of rotatable bonds is 3. The zero-order valence-electron chi connectivity index (χ0n) is 5.09. The van der Waals surface area contributed by atoms with Crippen LogP contribution in [0, 0.1) is 0 Å². The average molecular weight is 113 g/mol. The molecule has 0 saturated heterocycles. The van der Waals surface area contributed by atoms with Gasteiger partial charge in [0.2, 0.25) is 0 Å². The monoisotopic (exact) mass is 113 g/mol. The summed E-state index contributed by atoms with van der Waals surface area (Å²) in [5, 5.41) is 0. The summed E-state index contributed by atoms with van der Waals surface area (Å²) in [5.74, 6) is -0.847. The molecule has 0 fully saturated rings. The Kier molecular flexibility index (Phi) is 2.34. The Balaban J connectivity index is 3.96. The second-order valence-corrected chi connectivity index (χ2v) is 1.55. The highest BCUT2D eigenvalue weighted by Gasteiger charge is 2.14. The number of hydrogen-bond acceptors (Lipinski definition) is 3. The van der Waals surface area contributed by atoms with E-state index in [-0.39, 0.29) is 0 Å². The molecule has 0 aromatic carbocycles. The topological polar surface area (TPSA) is 50.7 Å². The SMILES string of the molecule is C=NC(N)(CC)N=C. The Hall–Kier alpha value is -0.700. The van der Waals surface area contributed by atoms with Crippen LogP contribution in [0.15, 0.2) is 9.98 Å². The Morgan fingerprint density at radius 2 is 1.88 bits per heavy atom. The van der Waals surface area contributed by atoms with Crippen molar-refractivity contribution in [2.45, 2.75) is 19.1 Å². The maximum Gasteiger partial charge on any atom is 0.200 e. The Labute approximate surface area is 49.3 Å². The van der Waals surface area contributed by atoms with Crippen LogP contribution in [0.2, 0.25) is 0 Å². The summed E-state index contributed by atoms with van der Waals surface area (Å²) >= 11 is 0. The van der Waals surface area contributed by atoms with Crippen molar-refractivity contribution in [3.8, 4) is 0 Å². The van der Waals surface area contributed by atoms with Gasteiger partial charge in [0, 0.05) is 6.42 Å². The van der Waals surface area contributed by atoms with E-state index in [1.165, 1.54) is 0 Å². The van der Waals surface area contributed by atoms with Crippen molar-refractivity contribution < 1.29 is 0 Å². The van der Waals surface area contributed by atoms with Crippen LogP contribution < -0.4 is 5.73 Å².